The van der Waals surface area contributed by atoms with E-state index in [1.165, 1.54) is 0 Å². The molecule has 0 radical (unpaired) electrons. The van der Waals surface area contributed by atoms with Gasteiger partial charge in [-0.25, -0.2) is 0 Å². The van der Waals surface area contributed by atoms with Gasteiger partial charge in [0.25, 0.3) is 0 Å². The van der Waals surface area contributed by atoms with E-state index in [0.29, 0.717) is 0 Å². The van der Waals surface area contributed by atoms with Crippen LogP contribution in [0.3, 0.4) is 0 Å². The average molecular weight is 280 g/mol. The Hall–Kier alpha value is 0.767. The van der Waals surface area contributed by atoms with Gasteiger partial charge in [-0.15, -0.1) is 33.2 Å². The minimum Gasteiger partial charge on any atom is -0.316 e. The average Bonchev–Trinajstić information content (AvgIpc) is 1.84. The zero-order chi connectivity index (χ0) is 10.9. The summed E-state index contributed by atoms with van der Waals surface area (Å²) in [6.07, 6.45) is -4.74. The highest BCUT2D eigenvalue weighted by atomic mass is 35.8. The van der Waals surface area contributed by atoms with Gasteiger partial charge in [0.1, 0.15) is 0 Å². The van der Waals surface area contributed by atoms with Crippen molar-refractivity contribution in [2.24, 2.45) is 0 Å². The normalized spacial score (nSPS) is 14.8. The molecule has 0 aromatic heterocycles. The summed E-state index contributed by atoms with van der Waals surface area (Å²) < 4.78 is 53.9. The smallest absolute Gasteiger partial charge is 0.316 e. The van der Waals surface area contributed by atoms with Crippen LogP contribution in [0.5, 0.6) is 0 Å². The third-order valence-corrected chi connectivity index (χ3v) is 4.19. The summed E-state index contributed by atoms with van der Waals surface area (Å²) >= 11 is 14.4. The minimum absolute atomic E-state index is 0.599. The van der Waals surface area contributed by atoms with E-state index in [1.807, 2.05) is 0 Å². The molecular weight excluding hydrogens is 274 g/mol. The summed E-state index contributed by atoms with van der Waals surface area (Å²) in [5.74, 6) is 0. The second-order valence-electron chi connectivity index (χ2n) is 2.02. The van der Waals surface area contributed by atoms with Crippen LogP contribution in [0.25, 0.3) is 0 Å². The second kappa shape index (κ2) is 4.10. The molecule has 0 saturated heterocycles. The molecule has 0 heterocycles. The summed E-state index contributed by atoms with van der Waals surface area (Å²) in [6.45, 7) is 0.529. The van der Waals surface area contributed by atoms with Gasteiger partial charge in [-0.2, -0.15) is 17.6 Å². The van der Waals surface area contributed by atoms with Crippen LogP contribution in [0, 0.1) is 0 Å². The number of alkyl halides is 4. The fourth-order valence-electron chi connectivity index (χ4n) is 0.437. The lowest BCUT2D eigenvalue weighted by Gasteiger charge is -2.28. The Kier molecular flexibility index (Phi) is 4.34. The summed E-state index contributed by atoms with van der Waals surface area (Å²) in [5.41, 5.74) is -4.74. The van der Waals surface area contributed by atoms with E-state index >= 15 is 0 Å². The number of ether oxygens (including phenoxy) is 1. The van der Waals surface area contributed by atoms with Crippen molar-refractivity contribution in [1.82, 2.24) is 0 Å². The van der Waals surface area contributed by atoms with Gasteiger partial charge in [0, 0.05) is 0 Å². The first-order valence-electron chi connectivity index (χ1n) is 3.02. The van der Waals surface area contributed by atoms with Crippen LogP contribution < -0.4 is 0 Å². The Morgan fingerprint density at radius 3 is 1.77 bits per heavy atom. The first kappa shape index (κ1) is 13.8. The van der Waals surface area contributed by atoms with Crippen molar-refractivity contribution in [3.05, 3.63) is 0 Å². The van der Waals surface area contributed by atoms with E-state index in [-0.39, 0.29) is 0 Å². The Labute approximate surface area is 87.0 Å². The number of halogens is 7. The van der Waals surface area contributed by atoms with Gasteiger partial charge in [0.2, 0.25) is 0 Å². The molecule has 0 amide bonds. The lowest BCUT2D eigenvalue weighted by atomic mass is 10.6. The lowest BCUT2D eigenvalue weighted by molar-refractivity contribution is -0.317. The molecule has 0 rings (SSSR count). The Morgan fingerprint density at radius 2 is 1.54 bits per heavy atom. The van der Waals surface area contributed by atoms with Gasteiger partial charge in [0.15, 0.2) is 0 Å². The van der Waals surface area contributed by atoms with Gasteiger partial charge < -0.3 is 4.74 Å². The van der Waals surface area contributed by atoms with Crippen molar-refractivity contribution < 1.29 is 22.3 Å². The standard InChI is InChI=1S/C4H5Cl3F4OSi/c1-2-12-3(8,9)4(10,11)13(5,6)7/h2H2,1H3. The Balaban J connectivity index is 4.81. The SMILES string of the molecule is CCOC(F)(F)C(F)(F)[Si](Cl)(Cl)Cl. The monoisotopic (exact) mass is 278 g/mol. The van der Waals surface area contributed by atoms with Crippen LogP contribution >= 0.6 is 33.2 Å². The van der Waals surface area contributed by atoms with Crippen LogP contribution in [0.4, 0.5) is 17.6 Å². The first-order chi connectivity index (χ1) is 5.56. The molecule has 0 N–H and O–H groups in total. The van der Waals surface area contributed by atoms with Crippen molar-refractivity contribution in [2.75, 3.05) is 6.61 Å². The molecule has 0 spiro atoms. The summed E-state index contributed by atoms with van der Waals surface area (Å²) in [6, 6.07) is -4.85. The lowest BCUT2D eigenvalue weighted by Crippen LogP contribution is -2.55. The molecule has 0 aromatic rings. The molecule has 0 fully saturated rings. The quantitative estimate of drug-likeness (QED) is 0.435. The molecule has 0 bridgehead atoms. The van der Waals surface area contributed by atoms with Crippen molar-refractivity contribution >= 4 is 39.2 Å². The first-order valence-corrected chi connectivity index (χ1v) is 8.06. The van der Waals surface area contributed by atoms with Crippen molar-refractivity contribution in [3.63, 3.8) is 0 Å². The van der Waals surface area contributed by atoms with Gasteiger partial charge >= 0.3 is 17.7 Å². The molecule has 13 heavy (non-hydrogen) atoms. The topological polar surface area (TPSA) is 9.23 Å². The Morgan fingerprint density at radius 1 is 1.15 bits per heavy atom. The molecule has 0 aliphatic rings. The van der Waals surface area contributed by atoms with E-state index in [9.17, 15) is 17.6 Å². The Bertz CT molecular complexity index is 183. The molecule has 0 aromatic carbocycles. The van der Waals surface area contributed by atoms with E-state index in [4.69, 9.17) is 33.2 Å². The maximum atomic E-state index is 12.7. The van der Waals surface area contributed by atoms with E-state index in [0.717, 1.165) is 6.92 Å². The predicted octanol–water partition coefficient (Wildman–Crippen LogP) is 3.45. The molecule has 0 saturated carbocycles. The van der Waals surface area contributed by atoms with E-state index in [2.05, 4.69) is 4.74 Å². The van der Waals surface area contributed by atoms with E-state index in [1.54, 1.807) is 0 Å². The molecule has 9 heteroatoms. The second-order valence-corrected chi connectivity index (χ2v) is 10.5. The van der Waals surface area contributed by atoms with Gasteiger partial charge in [-0.05, 0) is 6.92 Å². The van der Waals surface area contributed by atoms with Crippen molar-refractivity contribution in [2.45, 2.75) is 18.6 Å². The highest BCUT2D eigenvalue weighted by Crippen LogP contribution is 2.47. The van der Waals surface area contributed by atoms with Crippen molar-refractivity contribution in [3.8, 4) is 0 Å². The molecule has 1 nitrogen and oxygen atoms in total. The number of rotatable bonds is 4. The third kappa shape index (κ3) is 2.86. The largest absolute Gasteiger partial charge is 0.428 e. The van der Waals surface area contributed by atoms with Crippen LogP contribution in [0.15, 0.2) is 0 Å². The summed E-state index contributed by atoms with van der Waals surface area (Å²) in [5, 5.41) is 0. The molecule has 0 unspecified atom stereocenters. The maximum absolute atomic E-state index is 12.7. The van der Waals surface area contributed by atoms with Gasteiger partial charge in [-0.3, -0.25) is 0 Å². The fourth-order valence-corrected chi connectivity index (χ4v) is 1.83. The highest BCUT2D eigenvalue weighted by Gasteiger charge is 2.71. The fraction of sp³-hybridized carbons (Fsp3) is 1.00. The van der Waals surface area contributed by atoms with Crippen LogP contribution in [-0.4, -0.2) is 24.3 Å². The molecule has 0 atom stereocenters. The summed E-state index contributed by atoms with van der Waals surface area (Å²) in [7, 11) is 0. The van der Waals surface area contributed by atoms with E-state index < -0.39 is 24.3 Å². The highest BCUT2D eigenvalue weighted by molar-refractivity contribution is 7.65. The van der Waals surface area contributed by atoms with Crippen molar-refractivity contribution in [1.29, 1.82) is 0 Å². The van der Waals surface area contributed by atoms with Crippen LogP contribution in [0.1, 0.15) is 6.92 Å². The molecule has 80 valence electrons. The molecule has 0 aliphatic heterocycles. The number of hydrogen-bond donors (Lipinski definition) is 0. The molecular formula is C4H5Cl3F4OSi. The minimum atomic E-state index is -4.85. The van der Waals surface area contributed by atoms with Gasteiger partial charge in [-0.1, -0.05) is 0 Å². The zero-order valence-electron chi connectivity index (χ0n) is 6.26. The predicted molar refractivity (Wildman–Crippen MR) is 44.8 cm³/mol. The zero-order valence-corrected chi connectivity index (χ0v) is 9.53. The van der Waals surface area contributed by atoms with Crippen LogP contribution in [-0.2, 0) is 4.74 Å². The summed E-state index contributed by atoms with van der Waals surface area (Å²) in [4.78, 5) is 0. The maximum Gasteiger partial charge on any atom is 0.428 e. The number of hydrogen-bond acceptors (Lipinski definition) is 1. The van der Waals surface area contributed by atoms with Crippen LogP contribution in [0.2, 0.25) is 0 Å². The molecule has 0 aliphatic carbocycles. The third-order valence-electron chi connectivity index (χ3n) is 1.05. The van der Waals surface area contributed by atoms with Gasteiger partial charge in [0.05, 0.1) is 6.61 Å².